The van der Waals surface area contributed by atoms with E-state index in [1.54, 1.807) is 17.0 Å². The summed E-state index contributed by atoms with van der Waals surface area (Å²) < 4.78 is 5.02. The zero-order valence-corrected chi connectivity index (χ0v) is 14.5. The number of aryl methyl sites for hydroxylation is 2. The van der Waals surface area contributed by atoms with E-state index >= 15 is 0 Å². The fraction of sp³-hybridized carbons (Fsp3) is 0.368. The smallest absolute Gasteiger partial charge is 0.286 e. The van der Waals surface area contributed by atoms with E-state index in [1.807, 2.05) is 39.0 Å². The molecule has 1 aromatic carbocycles. The topological polar surface area (TPSA) is 62.6 Å². The monoisotopic (exact) mass is 328 g/mol. The Morgan fingerprint density at radius 1 is 1.21 bits per heavy atom. The number of furan rings is 1. The highest BCUT2D eigenvalue weighted by Crippen LogP contribution is 2.22. The van der Waals surface area contributed by atoms with Crippen LogP contribution in [0.3, 0.4) is 0 Å². The Morgan fingerprint density at radius 3 is 2.67 bits per heavy atom. The zero-order valence-electron chi connectivity index (χ0n) is 14.5. The van der Waals surface area contributed by atoms with Crippen LogP contribution in [0.25, 0.3) is 0 Å². The van der Waals surface area contributed by atoms with Crippen molar-refractivity contribution in [1.29, 1.82) is 0 Å². The van der Waals surface area contributed by atoms with Crippen molar-refractivity contribution in [2.24, 2.45) is 0 Å². The third-order valence-corrected chi connectivity index (χ3v) is 3.87. The van der Waals surface area contributed by atoms with Crippen LogP contribution in [0.5, 0.6) is 0 Å². The van der Waals surface area contributed by atoms with Crippen LogP contribution in [0.2, 0.25) is 0 Å². The van der Waals surface area contributed by atoms with Gasteiger partial charge in [0.05, 0.1) is 6.26 Å². The van der Waals surface area contributed by atoms with E-state index in [-0.39, 0.29) is 17.6 Å². The highest BCUT2D eigenvalue weighted by Gasteiger charge is 2.16. The Morgan fingerprint density at radius 2 is 2.00 bits per heavy atom. The van der Waals surface area contributed by atoms with Crippen LogP contribution >= 0.6 is 0 Å². The van der Waals surface area contributed by atoms with Crippen LogP contribution in [0.1, 0.15) is 41.4 Å². The molecule has 1 heterocycles. The van der Waals surface area contributed by atoms with Gasteiger partial charge >= 0.3 is 0 Å². The van der Waals surface area contributed by atoms with Crippen LogP contribution in [-0.2, 0) is 4.79 Å². The number of nitrogens with one attached hydrogen (secondary N) is 1. The van der Waals surface area contributed by atoms with Crippen LogP contribution in [-0.4, -0.2) is 24.9 Å². The van der Waals surface area contributed by atoms with Gasteiger partial charge in [-0.15, -0.1) is 0 Å². The summed E-state index contributed by atoms with van der Waals surface area (Å²) in [4.78, 5) is 26.1. The van der Waals surface area contributed by atoms with E-state index in [2.05, 4.69) is 5.32 Å². The van der Waals surface area contributed by atoms with Crippen LogP contribution < -0.4 is 10.2 Å². The van der Waals surface area contributed by atoms with Crippen LogP contribution in [0.4, 0.5) is 5.69 Å². The number of carbonyl (C=O) groups is 2. The summed E-state index contributed by atoms with van der Waals surface area (Å²) in [6.45, 7) is 7.07. The number of benzene rings is 1. The summed E-state index contributed by atoms with van der Waals surface area (Å²) >= 11 is 0. The molecule has 0 aliphatic heterocycles. The quantitative estimate of drug-likeness (QED) is 0.792. The van der Waals surface area contributed by atoms with Crippen LogP contribution in [0, 0.1) is 13.8 Å². The summed E-state index contributed by atoms with van der Waals surface area (Å²) in [6.07, 6.45) is 2.44. The molecule has 0 aliphatic carbocycles. The molecule has 2 rings (SSSR count). The molecule has 24 heavy (non-hydrogen) atoms. The van der Waals surface area contributed by atoms with Gasteiger partial charge in [-0.2, -0.15) is 0 Å². The van der Waals surface area contributed by atoms with Crippen LogP contribution in [0.15, 0.2) is 41.0 Å². The van der Waals surface area contributed by atoms with Crippen molar-refractivity contribution < 1.29 is 14.0 Å². The second kappa shape index (κ2) is 8.34. The Bertz CT molecular complexity index is 693. The zero-order chi connectivity index (χ0) is 17.5. The maximum atomic E-state index is 12.5. The van der Waals surface area contributed by atoms with Gasteiger partial charge in [-0.25, -0.2) is 0 Å². The number of rotatable bonds is 7. The van der Waals surface area contributed by atoms with E-state index in [0.29, 0.717) is 25.9 Å². The summed E-state index contributed by atoms with van der Waals surface area (Å²) in [5.41, 5.74) is 3.18. The van der Waals surface area contributed by atoms with Crippen molar-refractivity contribution in [2.75, 3.05) is 18.0 Å². The average Bonchev–Trinajstić information content (AvgIpc) is 3.10. The molecule has 128 valence electrons. The molecule has 5 heteroatoms. The Labute approximate surface area is 142 Å². The molecule has 0 spiro atoms. The predicted molar refractivity (Wildman–Crippen MR) is 94.2 cm³/mol. The molecule has 0 aliphatic rings. The fourth-order valence-electron chi connectivity index (χ4n) is 2.56. The molecule has 0 atom stereocenters. The SMILES string of the molecule is CCN(C(=O)CCCNC(=O)c1ccco1)c1cc(C)ccc1C. The van der Waals surface area contributed by atoms with E-state index < -0.39 is 0 Å². The number of nitrogens with zero attached hydrogens (tertiary/aromatic N) is 1. The number of amides is 2. The molecule has 0 bridgehead atoms. The highest BCUT2D eigenvalue weighted by atomic mass is 16.3. The number of hydrogen-bond acceptors (Lipinski definition) is 3. The Kier molecular flexibility index (Phi) is 6.18. The van der Waals surface area contributed by atoms with Crippen molar-refractivity contribution in [2.45, 2.75) is 33.6 Å². The van der Waals surface area contributed by atoms with Crippen molar-refractivity contribution in [3.05, 3.63) is 53.5 Å². The molecular weight excluding hydrogens is 304 g/mol. The maximum absolute atomic E-state index is 12.5. The fourth-order valence-corrected chi connectivity index (χ4v) is 2.56. The molecule has 2 aromatic rings. The molecule has 1 N–H and O–H groups in total. The number of anilines is 1. The maximum Gasteiger partial charge on any atom is 0.286 e. The van der Waals surface area contributed by atoms with Crippen molar-refractivity contribution in [3.8, 4) is 0 Å². The van der Waals surface area contributed by atoms with Gasteiger partial charge in [-0.05, 0) is 56.5 Å². The largest absolute Gasteiger partial charge is 0.459 e. The van der Waals surface area contributed by atoms with Crippen molar-refractivity contribution in [1.82, 2.24) is 5.32 Å². The minimum atomic E-state index is -0.255. The molecular formula is C19H24N2O3. The van der Waals surface area contributed by atoms with Gasteiger partial charge in [-0.3, -0.25) is 9.59 Å². The Balaban J connectivity index is 1.86. The molecule has 0 saturated carbocycles. The van der Waals surface area contributed by atoms with Crippen molar-refractivity contribution >= 4 is 17.5 Å². The summed E-state index contributed by atoms with van der Waals surface area (Å²) in [7, 11) is 0. The third kappa shape index (κ3) is 4.47. The lowest BCUT2D eigenvalue weighted by molar-refractivity contribution is -0.118. The van der Waals surface area contributed by atoms with E-state index in [1.165, 1.54) is 6.26 Å². The molecule has 0 fully saturated rings. The lowest BCUT2D eigenvalue weighted by atomic mass is 10.1. The van der Waals surface area contributed by atoms with E-state index in [0.717, 1.165) is 16.8 Å². The van der Waals surface area contributed by atoms with E-state index in [9.17, 15) is 9.59 Å². The molecule has 5 nitrogen and oxygen atoms in total. The van der Waals surface area contributed by atoms with Gasteiger partial charge in [-0.1, -0.05) is 12.1 Å². The van der Waals surface area contributed by atoms with E-state index in [4.69, 9.17) is 4.42 Å². The first-order valence-corrected chi connectivity index (χ1v) is 8.22. The molecule has 0 radical (unpaired) electrons. The molecule has 2 amide bonds. The van der Waals surface area contributed by atoms with Gasteiger partial charge in [0.15, 0.2) is 5.76 Å². The summed E-state index contributed by atoms with van der Waals surface area (Å²) in [5.74, 6) is 0.0969. The van der Waals surface area contributed by atoms with Gasteiger partial charge in [0.25, 0.3) is 5.91 Å². The van der Waals surface area contributed by atoms with Gasteiger partial charge in [0.2, 0.25) is 5.91 Å². The lowest BCUT2D eigenvalue weighted by Gasteiger charge is -2.23. The minimum Gasteiger partial charge on any atom is -0.459 e. The normalized spacial score (nSPS) is 10.5. The van der Waals surface area contributed by atoms with Gasteiger partial charge < -0.3 is 14.6 Å². The summed E-state index contributed by atoms with van der Waals surface area (Å²) in [5, 5.41) is 2.75. The third-order valence-electron chi connectivity index (χ3n) is 3.87. The first-order chi connectivity index (χ1) is 11.5. The first kappa shape index (κ1) is 17.8. The van der Waals surface area contributed by atoms with Gasteiger partial charge in [0, 0.05) is 25.2 Å². The standard InChI is InChI=1S/C19H24N2O3/c1-4-21(16-13-14(2)9-10-15(16)3)18(22)8-5-11-20-19(23)17-7-6-12-24-17/h6-7,9-10,12-13H,4-5,8,11H2,1-3H3,(H,20,23). The van der Waals surface area contributed by atoms with Crippen molar-refractivity contribution in [3.63, 3.8) is 0 Å². The van der Waals surface area contributed by atoms with Gasteiger partial charge in [0.1, 0.15) is 0 Å². The summed E-state index contributed by atoms with van der Waals surface area (Å²) in [6, 6.07) is 9.39. The number of hydrogen-bond donors (Lipinski definition) is 1. The lowest BCUT2D eigenvalue weighted by Crippen LogP contribution is -2.32. The first-order valence-electron chi connectivity index (χ1n) is 8.22. The minimum absolute atomic E-state index is 0.0680. The second-order valence-electron chi connectivity index (χ2n) is 5.76. The second-order valence-corrected chi connectivity index (χ2v) is 5.76. The molecule has 1 aromatic heterocycles. The highest BCUT2D eigenvalue weighted by molar-refractivity contribution is 5.94. The predicted octanol–water partition coefficient (Wildman–Crippen LogP) is 3.46. The average molecular weight is 328 g/mol. The Hall–Kier alpha value is -2.56. The molecule has 0 saturated heterocycles. The number of carbonyl (C=O) groups excluding carboxylic acids is 2. The molecule has 0 unspecified atom stereocenters.